The first kappa shape index (κ1) is 41.4. The number of amides is 5. The van der Waals surface area contributed by atoms with Crippen LogP contribution in [-0.4, -0.2) is 88.6 Å². The third-order valence-electron chi connectivity index (χ3n) is 7.78. The third kappa shape index (κ3) is 14.3. The maximum atomic E-state index is 13.5. The van der Waals surface area contributed by atoms with Gasteiger partial charge in [-0.15, -0.1) is 0 Å². The highest BCUT2D eigenvalue weighted by molar-refractivity contribution is 5.96. The van der Waals surface area contributed by atoms with Crippen molar-refractivity contribution in [2.45, 2.75) is 96.6 Å². The van der Waals surface area contributed by atoms with E-state index in [1.54, 1.807) is 30.3 Å². The molecule has 6 atom stereocenters. The van der Waals surface area contributed by atoms with Crippen molar-refractivity contribution in [2.75, 3.05) is 6.61 Å². The fourth-order valence-electron chi connectivity index (χ4n) is 5.11. The molecule has 0 saturated carbocycles. The molecule has 0 aromatic heterocycles. The minimum Gasteiger partial charge on any atom is -0.480 e. The van der Waals surface area contributed by atoms with Gasteiger partial charge in [-0.1, -0.05) is 88.4 Å². The predicted molar refractivity (Wildman–Crippen MR) is 187 cm³/mol. The van der Waals surface area contributed by atoms with E-state index in [2.05, 4.69) is 26.6 Å². The zero-order valence-electron chi connectivity index (χ0n) is 29.3. The summed E-state index contributed by atoms with van der Waals surface area (Å²) in [7, 11) is 0. The highest BCUT2D eigenvalue weighted by atomic mass is 16.4. The Hall–Kier alpha value is -4.82. The van der Waals surface area contributed by atoms with Gasteiger partial charge in [0.15, 0.2) is 0 Å². The molecule has 0 spiro atoms. The summed E-state index contributed by atoms with van der Waals surface area (Å²) < 4.78 is 0. The van der Waals surface area contributed by atoms with Crippen molar-refractivity contribution >= 4 is 35.5 Å². The number of carbonyl (C=O) groups excluding carboxylic acids is 5. The molecule has 0 unspecified atom stereocenters. The lowest BCUT2D eigenvalue weighted by Crippen LogP contribution is -2.59. The predicted octanol–water partition coefficient (Wildman–Crippen LogP) is 0.412. The van der Waals surface area contributed by atoms with E-state index >= 15 is 0 Å². The van der Waals surface area contributed by atoms with Gasteiger partial charge < -0.3 is 42.5 Å². The van der Waals surface area contributed by atoms with Crippen LogP contribution in [0.25, 0.3) is 0 Å². The Bertz CT molecular complexity index is 1420. The Morgan fingerprint density at radius 3 is 1.42 bits per heavy atom. The van der Waals surface area contributed by atoms with Crippen LogP contribution in [0.2, 0.25) is 0 Å². The van der Waals surface area contributed by atoms with Crippen LogP contribution in [0, 0.1) is 11.8 Å². The van der Waals surface area contributed by atoms with Crippen LogP contribution in [0.1, 0.15) is 58.6 Å². The van der Waals surface area contributed by atoms with Gasteiger partial charge in [-0.05, 0) is 49.1 Å². The van der Waals surface area contributed by atoms with Gasteiger partial charge in [0.1, 0.15) is 30.2 Å². The fourth-order valence-corrected chi connectivity index (χ4v) is 5.11. The van der Waals surface area contributed by atoms with E-state index in [0.717, 1.165) is 5.56 Å². The van der Waals surface area contributed by atoms with Crippen molar-refractivity contribution in [3.63, 3.8) is 0 Å². The van der Waals surface area contributed by atoms with Gasteiger partial charge >= 0.3 is 5.97 Å². The average Bonchev–Trinajstić information content (AvgIpc) is 3.06. The molecule has 0 radical (unpaired) electrons. The van der Waals surface area contributed by atoms with Crippen LogP contribution in [0.5, 0.6) is 0 Å². The molecule has 274 valence electrons. The maximum Gasteiger partial charge on any atom is 0.328 e. The van der Waals surface area contributed by atoms with Crippen molar-refractivity contribution in [3.05, 3.63) is 71.8 Å². The van der Waals surface area contributed by atoms with E-state index in [-0.39, 0.29) is 37.5 Å². The molecule has 14 heteroatoms. The van der Waals surface area contributed by atoms with Crippen LogP contribution in [0.4, 0.5) is 0 Å². The van der Waals surface area contributed by atoms with Gasteiger partial charge in [-0.3, -0.25) is 24.0 Å². The lowest BCUT2D eigenvalue weighted by atomic mass is 9.99. The highest BCUT2D eigenvalue weighted by Crippen LogP contribution is 2.11. The molecule has 9 N–H and O–H groups in total. The molecular weight excluding hydrogens is 644 g/mol. The van der Waals surface area contributed by atoms with Crippen LogP contribution in [0.15, 0.2) is 60.7 Å². The molecule has 14 nitrogen and oxygen atoms in total. The molecule has 2 rings (SSSR count). The number of nitrogens with two attached hydrogens (primary N) is 1. The minimum atomic E-state index is -1.58. The first-order valence-electron chi connectivity index (χ1n) is 16.8. The van der Waals surface area contributed by atoms with E-state index in [1.165, 1.54) is 6.92 Å². The lowest BCUT2D eigenvalue weighted by molar-refractivity contribution is -0.143. The molecule has 5 amide bonds. The number of carboxylic acids is 1. The quantitative estimate of drug-likeness (QED) is 0.0958. The molecule has 0 aliphatic carbocycles. The molecule has 0 heterocycles. The largest absolute Gasteiger partial charge is 0.480 e. The molecule has 0 aliphatic heterocycles. The maximum absolute atomic E-state index is 13.5. The fraction of sp³-hybridized carbons (Fsp3) is 0.500. The van der Waals surface area contributed by atoms with Gasteiger partial charge in [-0.2, -0.15) is 0 Å². The Morgan fingerprint density at radius 1 is 0.560 bits per heavy atom. The number of hydrogen-bond acceptors (Lipinski definition) is 8. The van der Waals surface area contributed by atoms with Crippen molar-refractivity contribution in [1.29, 1.82) is 0 Å². The number of carbonyl (C=O) groups is 6. The number of nitrogens with one attached hydrogen (secondary N) is 5. The Balaban J connectivity index is 2.15. The van der Waals surface area contributed by atoms with E-state index in [0.29, 0.717) is 5.56 Å². The lowest BCUT2D eigenvalue weighted by Gasteiger charge is -2.27. The smallest absolute Gasteiger partial charge is 0.328 e. The number of aliphatic hydroxyl groups is 1. The summed E-state index contributed by atoms with van der Waals surface area (Å²) in [5.74, 6) is -4.79. The van der Waals surface area contributed by atoms with Crippen LogP contribution in [0.3, 0.4) is 0 Å². The standard InChI is InChI=1S/C36H52N6O8/c1-21(2)16-27(41-34(47)28(17-22(3)4)40-32(45)26(37)18-24-12-8-6-9-13-24)33(46)38-23(5)31(44)39-29(19-25-14-10-7-11-15-25)35(48)42-30(20-43)36(49)50/h6-15,21-23,26-30,43H,16-20,37H2,1-5H3,(H,38,46)(H,39,44)(H,40,45)(H,41,47)(H,42,48)(H,49,50)/t23-,26-,27-,28-,29-,30-/m0/s1. The van der Waals surface area contributed by atoms with E-state index < -0.39 is 78.4 Å². The van der Waals surface area contributed by atoms with E-state index in [9.17, 15) is 39.0 Å². The summed E-state index contributed by atoms with van der Waals surface area (Å²) in [5, 5.41) is 31.5. The number of carboxylic acid groups (broad SMARTS) is 1. The Kier molecular flexibility index (Phi) is 17.1. The summed E-state index contributed by atoms with van der Waals surface area (Å²) in [6.07, 6.45) is 0.782. The average molecular weight is 697 g/mol. The SMILES string of the molecule is CC(C)C[C@H](NC(=O)[C@H](CC(C)C)NC(=O)[C@@H](N)Cc1ccccc1)C(=O)N[C@@H](C)C(=O)N[C@@H](Cc1ccccc1)C(=O)N[C@@H](CO)C(=O)O. The zero-order chi connectivity index (χ0) is 37.4. The molecule has 0 bridgehead atoms. The highest BCUT2D eigenvalue weighted by Gasteiger charge is 2.32. The molecular formula is C36H52N6O8. The van der Waals surface area contributed by atoms with Crippen LogP contribution >= 0.6 is 0 Å². The number of benzene rings is 2. The summed E-state index contributed by atoms with van der Waals surface area (Å²) in [4.78, 5) is 77.7. The van der Waals surface area contributed by atoms with E-state index in [1.807, 2.05) is 58.0 Å². The first-order chi connectivity index (χ1) is 23.6. The van der Waals surface area contributed by atoms with Gasteiger partial charge in [0.05, 0.1) is 12.6 Å². The van der Waals surface area contributed by atoms with Gasteiger partial charge in [0, 0.05) is 6.42 Å². The number of aliphatic hydroxyl groups excluding tert-OH is 1. The van der Waals surface area contributed by atoms with Crippen LogP contribution in [-0.2, 0) is 41.6 Å². The Morgan fingerprint density at radius 2 is 0.960 bits per heavy atom. The third-order valence-corrected chi connectivity index (χ3v) is 7.78. The Labute approximate surface area is 293 Å². The van der Waals surface area contributed by atoms with Crippen molar-refractivity contribution in [1.82, 2.24) is 26.6 Å². The van der Waals surface area contributed by atoms with Crippen LogP contribution < -0.4 is 32.3 Å². The molecule has 2 aromatic rings. The van der Waals surface area contributed by atoms with Crippen molar-refractivity contribution in [3.8, 4) is 0 Å². The van der Waals surface area contributed by atoms with Gasteiger partial charge in [0.25, 0.3) is 0 Å². The first-order valence-corrected chi connectivity index (χ1v) is 16.8. The zero-order valence-corrected chi connectivity index (χ0v) is 29.3. The molecule has 0 aliphatic rings. The second kappa shape index (κ2) is 20.6. The second-order valence-corrected chi connectivity index (χ2v) is 13.2. The molecule has 0 fully saturated rings. The summed E-state index contributed by atoms with van der Waals surface area (Å²) in [6, 6.07) is 11.0. The van der Waals surface area contributed by atoms with Gasteiger partial charge in [0.2, 0.25) is 29.5 Å². The number of rotatable bonds is 20. The monoisotopic (exact) mass is 696 g/mol. The minimum absolute atomic E-state index is 0.000838. The molecule has 50 heavy (non-hydrogen) atoms. The topological polar surface area (TPSA) is 229 Å². The van der Waals surface area contributed by atoms with E-state index in [4.69, 9.17) is 5.73 Å². The summed E-state index contributed by atoms with van der Waals surface area (Å²) in [5.41, 5.74) is 7.70. The van der Waals surface area contributed by atoms with Crippen molar-refractivity contribution in [2.24, 2.45) is 17.6 Å². The summed E-state index contributed by atoms with van der Waals surface area (Å²) in [6.45, 7) is 8.06. The molecule has 2 aromatic carbocycles. The number of aliphatic carboxylic acids is 1. The second-order valence-electron chi connectivity index (χ2n) is 13.2. The normalized spacial score (nSPS) is 14.7. The number of hydrogen-bond donors (Lipinski definition) is 8. The van der Waals surface area contributed by atoms with Gasteiger partial charge in [-0.25, -0.2) is 4.79 Å². The van der Waals surface area contributed by atoms with Crippen molar-refractivity contribution < 1.29 is 39.0 Å². The molecule has 0 saturated heterocycles. The summed E-state index contributed by atoms with van der Waals surface area (Å²) >= 11 is 0.